The molecule has 0 bridgehead atoms. The maximum Gasteiger partial charge on any atom is 0.178 e. The monoisotopic (exact) mass is 236 g/mol. The van der Waals surface area contributed by atoms with E-state index in [0.717, 1.165) is 5.69 Å². The second-order valence-corrected chi connectivity index (χ2v) is 5.60. The highest BCUT2D eigenvalue weighted by atomic mass is 32.2. The van der Waals surface area contributed by atoms with Crippen LogP contribution in [0.15, 0.2) is 41.4 Å². The van der Waals surface area contributed by atoms with Gasteiger partial charge in [0.15, 0.2) is 9.84 Å². The molecular weight excluding hydrogens is 224 g/mol. The van der Waals surface area contributed by atoms with Gasteiger partial charge in [-0.15, -0.1) is 0 Å². The first-order valence-corrected chi connectivity index (χ1v) is 6.69. The lowest BCUT2D eigenvalue weighted by Crippen LogP contribution is -2.02. The van der Waals surface area contributed by atoms with Gasteiger partial charge in [0.25, 0.3) is 0 Å². The Morgan fingerprint density at radius 1 is 1.19 bits per heavy atom. The summed E-state index contributed by atoms with van der Waals surface area (Å²) in [5, 5.41) is 4.09. The molecule has 0 aliphatic heterocycles. The van der Waals surface area contributed by atoms with Crippen molar-refractivity contribution in [3.05, 3.63) is 42.2 Å². The van der Waals surface area contributed by atoms with Gasteiger partial charge in [0, 0.05) is 6.26 Å². The van der Waals surface area contributed by atoms with Crippen molar-refractivity contribution in [3.8, 4) is 5.69 Å². The van der Waals surface area contributed by atoms with Crippen molar-refractivity contribution < 1.29 is 8.42 Å². The van der Waals surface area contributed by atoms with E-state index >= 15 is 0 Å². The van der Waals surface area contributed by atoms with E-state index < -0.39 is 9.84 Å². The van der Waals surface area contributed by atoms with Gasteiger partial charge in [-0.25, -0.2) is 13.1 Å². The predicted molar refractivity (Wildman–Crippen MR) is 61.4 cm³/mol. The van der Waals surface area contributed by atoms with E-state index in [2.05, 4.69) is 5.10 Å². The van der Waals surface area contributed by atoms with Gasteiger partial charge >= 0.3 is 0 Å². The molecule has 2 aromatic rings. The Bertz CT molecular complexity index is 600. The fraction of sp³-hybridized carbons (Fsp3) is 0.182. The van der Waals surface area contributed by atoms with Crippen LogP contribution in [0.3, 0.4) is 0 Å². The Morgan fingerprint density at radius 3 is 2.31 bits per heavy atom. The maximum absolute atomic E-state index is 11.4. The van der Waals surface area contributed by atoms with Crippen LogP contribution in [0.2, 0.25) is 0 Å². The molecule has 0 fully saturated rings. The smallest absolute Gasteiger partial charge is 0.178 e. The zero-order chi connectivity index (χ0) is 11.8. The molecule has 5 heteroatoms. The molecule has 0 radical (unpaired) electrons. The molecule has 1 aromatic carbocycles. The molecule has 0 spiro atoms. The lowest BCUT2D eigenvalue weighted by Gasteiger charge is -2.04. The molecule has 1 heterocycles. The Kier molecular flexibility index (Phi) is 2.55. The molecule has 0 N–H and O–H groups in total. The summed E-state index contributed by atoms with van der Waals surface area (Å²) < 4.78 is 24.5. The van der Waals surface area contributed by atoms with Gasteiger partial charge in [-0.1, -0.05) is 18.2 Å². The highest BCUT2D eigenvalue weighted by molar-refractivity contribution is 7.90. The minimum Gasteiger partial charge on any atom is -0.237 e. The number of hydrogen-bond acceptors (Lipinski definition) is 3. The van der Waals surface area contributed by atoms with Crippen LogP contribution in [0, 0.1) is 6.92 Å². The molecule has 0 atom stereocenters. The Hall–Kier alpha value is -1.62. The van der Waals surface area contributed by atoms with Crippen LogP contribution >= 0.6 is 0 Å². The summed E-state index contributed by atoms with van der Waals surface area (Å²) in [4.78, 5) is 0.274. The number of benzene rings is 1. The van der Waals surface area contributed by atoms with Crippen LogP contribution in [0.25, 0.3) is 5.69 Å². The first-order chi connectivity index (χ1) is 7.50. The fourth-order valence-electron chi connectivity index (χ4n) is 1.59. The molecule has 0 aliphatic carbocycles. The summed E-state index contributed by atoms with van der Waals surface area (Å²) >= 11 is 0. The SMILES string of the molecule is Cc1c(S(C)(=O)=O)cnn1-c1ccccc1. The zero-order valence-electron chi connectivity index (χ0n) is 9.08. The van der Waals surface area contributed by atoms with Gasteiger partial charge < -0.3 is 0 Å². The zero-order valence-corrected chi connectivity index (χ0v) is 9.90. The summed E-state index contributed by atoms with van der Waals surface area (Å²) in [6.45, 7) is 1.75. The van der Waals surface area contributed by atoms with Gasteiger partial charge in [0.05, 0.1) is 17.6 Å². The molecule has 16 heavy (non-hydrogen) atoms. The highest BCUT2D eigenvalue weighted by Crippen LogP contribution is 2.17. The Morgan fingerprint density at radius 2 is 1.81 bits per heavy atom. The normalized spacial score (nSPS) is 11.6. The first kappa shape index (κ1) is 10.9. The van der Waals surface area contributed by atoms with Gasteiger partial charge in [0.2, 0.25) is 0 Å². The standard InChI is InChI=1S/C11H12N2O2S/c1-9-11(16(2,14)15)8-12-13(9)10-6-4-3-5-7-10/h3-8H,1-2H3. The molecule has 0 unspecified atom stereocenters. The third-order valence-corrected chi connectivity index (χ3v) is 3.56. The van der Waals surface area contributed by atoms with Crippen LogP contribution in [0.4, 0.5) is 0 Å². The molecule has 0 saturated carbocycles. The maximum atomic E-state index is 11.4. The van der Waals surface area contributed by atoms with E-state index in [4.69, 9.17) is 0 Å². The predicted octanol–water partition coefficient (Wildman–Crippen LogP) is 1.58. The summed E-state index contributed by atoms with van der Waals surface area (Å²) in [7, 11) is -3.20. The molecule has 4 nitrogen and oxygen atoms in total. The molecule has 84 valence electrons. The quantitative estimate of drug-likeness (QED) is 0.795. The van der Waals surface area contributed by atoms with Crippen LogP contribution in [0.1, 0.15) is 5.69 Å². The number of para-hydroxylation sites is 1. The van der Waals surface area contributed by atoms with Crippen LogP contribution in [0.5, 0.6) is 0 Å². The Balaban J connectivity index is 2.59. The molecule has 0 amide bonds. The van der Waals surface area contributed by atoms with E-state index in [1.165, 1.54) is 12.5 Å². The van der Waals surface area contributed by atoms with Crippen molar-refractivity contribution in [1.82, 2.24) is 9.78 Å². The summed E-state index contributed by atoms with van der Waals surface area (Å²) in [5.41, 5.74) is 1.49. The largest absolute Gasteiger partial charge is 0.237 e. The first-order valence-electron chi connectivity index (χ1n) is 4.80. The summed E-state index contributed by atoms with van der Waals surface area (Å²) in [6.07, 6.45) is 2.57. The fourth-order valence-corrected chi connectivity index (χ4v) is 2.45. The van der Waals surface area contributed by atoms with Gasteiger partial charge in [-0.3, -0.25) is 0 Å². The number of aromatic nitrogens is 2. The van der Waals surface area contributed by atoms with Gasteiger partial charge in [-0.05, 0) is 19.1 Å². The van der Waals surface area contributed by atoms with E-state index in [1.54, 1.807) is 11.6 Å². The number of sulfone groups is 1. The molecule has 2 rings (SSSR count). The lowest BCUT2D eigenvalue weighted by atomic mass is 10.3. The van der Waals surface area contributed by atoms with Crippen molar-refractivity contribution in [3.63, 3.8) is 0 Å². The minimum atomic E-state index is -3.20. The summed E-state index contributed by atoms with van der Waals surface area (Å²) in [6, 6.07) is 9.44. The van der Waals surface area contributed by atoms with Crippen LogP contribution in [-0.2, 0) is 9.84 Å². The average Bonchev–Trinajstić information content (AvgIpc) is 2.61. The lowest BCUT2D eigenvalue weighted by molar-refractivity contribution is 0.601. The van der Waals surface area contributed by atoms with Crippen LogP contribution in [-0.4, -0.2) is 24.5 Å². The highest BCUT2D eigenvalue weighted by Gasteiger charge is 2.16. The van der Waals surface area contributed by atoms with Crippen molar-refractivity contribution >= 4 is 9.84 Å². The second kappa shape index (κ2) is 3.75. The van der Waals surface area contributed by atoms with E-state index in [1.807, 2.05) is 30.3 Å². The third kappa shape index (κ3) is 1.86. The van der Waals surface area contributed by atoms with Crippen LogP contribution < -0.4 is 0 Å². The molecule has 1 aromatic heterocycles. The van der Waals surface area contributed by atoms with E-state index in [9.17, 15) is 8.42 Å². The second-order valence-electron chi connectivity index (χ2n) is 3.61. The molecule has 0 saturated heterocycles. The van der Waals surface area contributed by atoms with Crippen molar-refractivity contribution in [2.75, 3.05) is 6.26 Å². The number of rotatable bonds is 2. The molecule has 0 aliphatic rings. The van der Waals surface area contributed by atoms with Crippen molar-refractivity contribution in [2.45, 2.75) is 11.8 Å². The number of nitrogens with zero attached hydrogens (tertiary/aromatic N) is 2. The van der Waals surface area contributed by atoms with Crippen molar-refractivity contribution in [2.24, 2.45) is 0 Å². The average molecular weight is 236 g/mol. The van der Waals surface area contributed by atoms with Crippen molar-refractivity contribution in [1.29, 1.82) is 0 Å². The summed E-state index contributed by atoms with van der Waals surface area (Å²) in [5.74, 6) is 0. The topological polar surface area (TPSA) is 52.0 Å². The number of hydrogen-bond donors (Lipinski definition) is 0. The third-order valence-electron chi connectivity index (χ3n) is 2.36. The Labute approximate surface area is 94.5 Å². The minimum absolute atomic E-state index is 0.274. The van der Waals surface area contributed by atoms with Gasteiger partial charge in [0.1, 0.15) is 4.90 Å². The molecular formula is C11H12N2O2S. The van der Waals surface area contributed by atoms with E-state index in [0.29, 0.717) is 5.69 Å². The van der Waals surface area contributed by atoms with E-state index in [-0.39, 0.29) is 4.90 Å². The van der Waals surface area contributed by atoms with Gasteiger partial charge in [-0.2, -0.15) is 5.10 Å².